The summed E-state index contributed by atoms with van der Waals surface area (Å²) >= 11 is 0. The Kier molecular flexibility index (Phi) is 7.42. The number of carbonyl (C=O) groups excluding carboxylic acids is 3. The van der Waals surface area contributed by atoms with Gasteiger partial charge in [0, 0.05) is 24.3 Å². The molecule has 1 saturated heterocycles. The van der Waals surface area contributed by atoms with Gasteiger partial charge >= 0.3 is 11.7 Å². The fourth-order valence-corrected chi connectivity index (χ4v) is 4.37. The Balaban J connectivity index is 1.52. The van der Waals surface area contributed by atoms with E-state index in [0.717, 1.165) is 19.3 Å². The SMILES string of the molecule is COC(=O)COc1c(C)cc(C(=O)Nc2ccc3oc(=O)n(CC(=O)N4CCCCC4)c3c2)cc1C. The van der Waals surface area contributed by atoms with Crippen molar-refractivity contribution in [1.82, 2.24) is 9.47 Å². The van der Waals surface area contributed by atoms with Crippen molar-refractivity contribution in [3.8, 4) is 5.75 Å². The van der Waals surface area contributed by atoms with E-state index in [1.54, 1.807) is 49.1 Å². The fraction of sp³-hybridized carbons (Fsp3) is 0.385. The molecule has 36 heavy (non-hydrogen) atoms. The van der Waals surface area contributed by atoms with Gasteiger partial charge in [0.2, 0.25) is 5.91 Å². The van der Waals surface area contributed by atoms with Crippen LogP contribution in [0, 0.1) is 13.8 Å². The second-order valence-electron chi connectivity index (χ2n) is 8.84. The highest BCUT2D eigenvalue weighted by molar-refractivity contribution is 6.05. The van der Waals surface area contributed by atoms with E-state index in [-0.39, 0.29) is 25.0 Å². The Morgan fingerprint density at radius 3 is 2.39 bits per heavy atom. The summed E-state index contributed by atoms with van der Waals surface area (Å²) in [5.41, 5.74) is 3.01. The summed E-state index contributed by atoms with van der Waals surface area (Å²) in [5, 5.41) is 2.83. The van der Waals surface area contributed by atoms with Crippen molar-refractivity contribution in [3.63, 3.8) is 0 Å². The molecule has 0 bridgehead atoms. The third-order valence-electron chi connectivity index (χ3n) is 6.21. The monoisotopic (exact) mass is 495 g/mol. The first-order chi connectivity index (χ1) is 17.3. The molecule has 1 aliphatic heterocycles. The van der Waals surface area contributed by atoms with E-state index in [1.165, 1.54) is 11.7 Å². The molecule has 2 aromatic carbocycles. The van der Waals surface area contributed by atoms with Crippen LogP contribution in [0.3, 0.4) is 0 Å². The predicted octanol–water partition coefficient (Wildman–Crippen LogP) is 3.03. The number of oxazole rings is 1. The van der Waals surface area contributed by atoms with Crippen LogP contribution in [-0.2, 0) is 20.9 Å². The molecule has 10 nitrogen and oxygen atoms in total. The Morgan fingerprint density at radius 2 is 1.72 bits per heavy atom. The van der Waals surface area contributed by atoms with Crippen LogP contribution in [0.4, 0.5) is 5.69 Å². The molecule has 0 aliphatic carbocycles. The number of amides is 2. The number of ether oxygens (including phenoxy) is 2. The van der Waals surface area contributed by atoms with Gasteiger partial charge in [-0.2, -0.15) is 0 Å². The molecule has 4 rings (SSSR count). The van der Waals surface area contributed by atoms with Crippen molar-refractivity contribution in [2.75, 3.05) is 32.1 Å². The van der Waals surface area contributed by atoms with Crippen LogP contribution in [-0.4, -0.2) is 54.1 Å². The molecule has 1 N–H and O–H groups in total. The number of fused-ring (bicyclic) bond motifs is 1. The van der Waals surface area contributed by atoms with Gasteiger partial charge < -0.3 is 24.1 Å². The minimum absolute atomic E-state index is 0.116. The highest BCUT2D eigenvalue weighted by Crippen LogP contribution is 2.26. The number of rotatable bonds is 7. The van der Waals surface area contributed by atoms with Crippen molar-refractivity contribution in [3.05, 3.63) is 57.6 Å². The Bertz CT molecular complexity index is 1340. The fourth-order valence-electron chi connectivity index (χ4n) is 4.37. The number of aryl methyl sites for hydroxylation is 2. The van der Waals surface area contributed by atoms with Gasteiger partial charge in [0.15, 0.2) is 12.2 Å². The number of piperidine rings is 1. The van der Waals surface area contributed by atoms with Crippen LogP contribution in [0.5, 0.6) is 5.75 Å². The molecule has 2 heterocycles. The molecule has 2 amide bonds. The summed E-state index contributed by atoms with van der Waals surface area (Å²) < 4.78 is 16.7. The second kappa shape index (κ2) is 10.7. The van der Waals surface area contributed by atoms with Crippen molar-refractivity contribution in [2.45, 2.75) is 39.7 Å². The van der Waals surface area contributed by atoms with Gasteiger partial charge in [0.05, 0.1) is 12.6 Å². The first-order valence-corrected chi connectivity index (χ1v) is 11.8. The zero-order valence-corrected chi connectivity index (χ0v) is 20.6. The summed E-state index contributed by atoms with van der Waals surface area (Å²) in [6.45, 7) is 4.61. The van der Waals surface area contributed by atoms with E-state index in [1.807, 2.05) is 0 Å². The van der Waals surface area contributed by atoms with Gasteiger partial charge in [-0.05, 0) is 74.6 Å². The molecular formula is C26H29N3O7. The summed E-state index contributed by atoms with van der Waals surface area (Å²) in [5.74, 6) is -1.09. The Morgan fingerprint density at radius 1 is 1.03 bits per heavy atom. The van der Waals surface area contributed by atoms with Gasteiger partial charge in [-0.3, -0.25) is 14.2 Å². The number of likely N-dealkylation sites (tertiary alicyclic amines) is 1. The molecule has 1 aliphatic rings. The van der Waals surface area contributed by atoms with Crippen molar-refractivity contribution < 1.29 is 28.3 Å². The van der Waals surface area contributed by atoms with Gasteiger partial charge in [0.25, 0.3) is 5.91 Å². The van der Waals surface area contributed by atoms with Crippen molar-refractivity contribution in [2.24, 2.45) is 0 Å². The van der Waals surface area contributed by atoms with Gasteiger partial charge in [-0.1, -0.05) is 0 Å². The van der Waals surface area contributed by atoms with E-state index in [0.29, 0.717) is 52.3 Å². The lowest BCUT2D eigenvalue weighted by Gasteiger charge is -2.26. The van der Waals surface area contributed by atoms with Crippen molar-refractivity contribution >= 4 is 34.6 Å². The summed E-state index contributed by atoms with van der Waals surface area (Å²) in [7, 11) is 1.28. The third-order valence-corrected chi connectivity index (χ3v) is 6.21. The lowest BCUT2D eigenvalue weighted by atomic mass is 10.0. The number of aromatic nitrogens is 1. The summed E-state index contributed by atoms with van der Waals surface area (Å²) in [6, 6.07) is 8.17. The van der Waals surface area contributed by atoms with Gasteiger partial charge in [0.1, 0.15) is 12.3 Å². The number of benzene rings is 2. The van der Waals surface area contributed by atoms with E-state index in [4.69, 9.17) is 9.15 Å². The minimum atomic E-state index is -0.618. The lowest BCUT2D eigenvalue weighted by Crippen LogP contribution is -2.39. The maximum absolute atomic E-state index is 13.0. The topological polar surface area (TPSA) is 120 Å². The second-order valence-corrected chi connectivity index (χ2v) is 8.84. The molecule has 0 radical (unpaired) electrons. The van der Waals surface area contributed by atoms with E-state index < -0.39 is 11.7 Å². The van der Waals surface area contributed by atoms with E-state index in [9.17, 15) is 19.2 Å². The number of esters is 1. The Labute approximate surface area is 207 Å². The molecule has 1 fully saturated rings. The number of methoxy groups -OCH3 is 1. The zero-order valence-electron chi connectivity index (χ0n) is 20.6. The molecule has 1 aromatic heterocycles. The number of hydrogen-bond acceptors (Lipinski definition) is 7. The minimum Gasteiger partial charge on any atom is -0.481 e. The predicted molar refractivity (Wildman–Crippen MR) is 132 cm³/mol. The number of anilines is 1. The smallest absolute Gasteiger partial charge is 0.420 e. The van der Waals surface area contributed by atoms with Crippen LogP contribution in [0.1, 0.15) is 40.7 Å². The number of nitrogens with one attached hydrogen (secondary N) is 1. The van der Waals surface area contributed by atoms with Crippen molar-refractivity contribution in [1.29, 1.82) is 0 Å². The number of carbonyl (C=O) groups is 3. The average Bonchev–Trinajstić information content (AvgIpc) is 3.17. The molecule has 0 unspecified atom stereocenters. The molecule has 0 spiro atoms. The van der Waals surface area contributed by atoms with E-state index >= 15 is 0 Å². The highest BCUT2D eigenvalue weighted by Gasteiger charge is 2.20. The lowest BCUT2D eigenvalue weighted by molar-refractivity contribution is -0.143. The van der Waals surface area contributed by atoms with Crippen LogP contribution >= 0.6 is 0 Å². The molecule has 3 aromatic rings. The quantitative estimate of drug-likeness (QED) is 0.500. The maximum atomic E-state index is 13.0. The number of hydrogen-bond donors (Lipinski definition) is 1. The third kappa shape index (κ3) is 5.42. The molecule has 190 valence electrons. The standard InChI is InChI=1S/C26H29N3O7/c1-16-11-18(12-17(2)24(16)35-15-23(31)34-3)25(32)27-19-7-8-21-20(13-19)29(26(33)36-21)14-22(30)28-9-5-4-6-10-28/h7-8,11-13H,4-6,9-10,14-15H2,1-3H3,(H,27,32). The van der Waals surface area contributed by atoms with Crippen LogP contribution in [0.2, 0.25) is 0 Å². The molecule has 10 heteroatoms. The normalized spacial score (nSPS) is 13.5. The van der Waals surface area contributed by atoms with Crippen LogP contribution < -0.4 is 15.8 Å². The number of nitrogens with zero attached hydrogens (tertiary/aromatic N) is 2. The average molecular weight is 496 g/mol. The summed E-state index contributed by atoms with van der Waals surface area (Å²) in [4.78, 5) is 51.3. The van der Waals surface area contributed by atoms with Gasteiger partial charge in [-0.15, -0.1) is 0 Å². The first kappa shape index (κ1) is 25.0. The molecular weight excluding hydrogens is 466 g/mol. The molecule has 0 saturated carbocycles. The molecule has 0 atom stereocenters. The largest absolute Gasteiger partial charge is 0.481 e. The van der Waals surface area contributed by atoms with Crippen LogP contribution in [0.25, 0.3) is 11.1 Å². The maximum Gasteiger partial charge on any atom is 0.420 e. The first-order valence-electron chi connectivity index (χ1n) is 11.8. The van der Waals surface area contributed by atoms with Crippen LogP contribution in [0.15, 0.2) is 39.5 Å². The summed E-state index contributed by atoms with van der Waals surface area (Å²) in [6.07, 6.45) is 3.02. The van der Waals surface area contributed by atoms with Gasteiger partial charge in [-0.25, -0.2) is 9.59 Å². The zero-order chi connectivity index (χ0) is 25.8. The van der Waals surface area contributed by atoms with E-state index in [2.05, 4.69) is 10.1 Å². The Hall–Kier alpha value is -4.08. The highest BCUT2D eigenvalue weighted by atomic mass is 16.6.